The van der Waals surface area contributed by atoms with E-state index in [1.54, 1.807) is 26.4 Å². The zero-order valence-electron chi connectivity index (χ0n) is 11.4. The van der Waals surface area contributed by atoms with E-state index in [4.69, 9.17) is 19.8 Å². The molecule has 5 heteroatoms. The minimum Gasteiger partial charge on any atom is -0.496 e. The average molecular weight is 264 g/mol. The van der Waals surface area contributed by atoms with Crippen LogP contribution >= 0.6 is 0 Å². The predicted octanol–water partition coefficient (Wildman–Crippen LogP) is 1.01. The van der Waals surface area contributed by atoms with Gasteiger partial charge in [-0.1, -0.05) is 6.07 Å². The quantitative estimate of drug-likeness (QED) is 0.759. The van der Waals surface area contributed by atoms with Crippen LogP contribution in [0.4, 0.5) is 0 Å². The van der Waals surface area contributed by atoms with Gasteiger partial charge in [0.15, 0.2) is 0 Å². The van der Waals surface area contributed by atoms with E-state index in [1.165, 1.54) is 0 Å². The number of benzene rings is 1. The Hall–Kier alpha value is -1.61. The maximum atomic E-state index is 9.07. The molecule has 0 fully saturated rings. The molecule has 0 heterocycles. The molecule has 0 atom stereocenters. The smallest absolute Gasteiger partial charge is 0.124 e. The maximum absolute atomic E-state index is 9.07. The van der Waals surface area contributed by atoms with Gasteiger partial charge >= 0.3 is 0 Å². The highest BCUT2D eigenvalue weighted by Gasteiger charge is 2.10. The summed E-state index contributed by atoms with van der Waals surface area (Å²) >= 11 is 0. The molecule has 5 nitrogen and oxygen atoms in total. The number of rotatable bonds is 8. The van der Waals surface area contributed by atoms with E-state index >= 15 is 0 Å². The first-order chi connectivity index (χ1) is 9.24. The summed E-state index contributed by atoms with van der Waals surface area (Å²) in [5.74, 6) is 0.694. The van der Waals surface area contributed by atoms with Crippen molar-refractivity contribution in [3.05, 3.63) is 29.3 Å². The number of nitriles is 1. The number of aliphatic hydroxyl groups is 1. The lowest BCUT2D eigenvalue weighted by molar-refractivity contribution is 0.126. The number of aliphatic hydroxyl groups excluding tert-OH is 1. The molecule has 0 unspecified atom stereocenters. The lowest BCUT2D eigenvalue weighted by Gasteiger charge is -2.22. The van der Waals surface area contributed by atoms with Crippen molar-refractivity contribution in [1.82, 2.24) is 4.90 Å². The summed E-state index contributed by atoms with van der Waals surface area (Å²) in [6.45, 7) is 2.67. The van der Waals surface area contributed by atoms with Gasteiger partial charge in [-0.05, 0) is 12.1 Å². The van der Waals surface area contributed by atoms with Gasteiger partial charge in [-0.15, -0.1) is 0 Å². The van der Waals surface area contributed by atoms with E-state index in [0.29, 0.717) is 31.0 Å². The number of hydrogen-bond acceptors (Lipinski definition) is 5. The first-order valence-electron chi connectivity index (χ1n) is 6.14. The normalized spacial score (nSPS) is 10.5. The van der Waals surface area contributed by atoms with E-state index in [0.717, 1.165) is 12.1 Å². The molecule has 19 heavy (non-hydrogen) atoms. The molecule has 0 spiro atoms. The molecule has 0 saturated heterocycles. The Morgan fingerprint density at radius 1 is 1.32 bits per heavy atom. The lowest BCUT2D eigenvalue weighted by atomic mass is 10.1. The highest BCUT2D eigenvalue weighted by atomic mass is 16.5. The third-order valence-electron chi connectivity index (χ3n) is 2.84. The van der Waals surface area contributed by atoms with Gasteiger partial charge in [0.25, 0.3) is 0 Å². The summed E-state index contributed by atoms with van der Waals surface area (Å²) < 4.78 is 10.4. The Kier molecular flexibility index (Phi) is 6.90. The van der Waals surface area contributed by atoms with E-state index in [2.05, 4.69) is 11.0 Å². The Morgan fingerprint density at radius 2 is 2.11 bits per heavy atom. The van der Waals surface area contributed by atoms with Crippen molar-refractivity contribution in [3.8, 4) is 11.8 Å². The zero-order valence-corrected chi connectivity index (χ0v) is 11.4. The second-order valence-corrected chi connectivity index (χ2v) is 4.13. The summed E-state index contributed by atoms with van der Waals surface area (Å²) in [4.78, 5) is 2.08. The van der Waals surface area contributed by atoms with Gasteiger partial charge in [-0.3, -0.25) is 4.90 Å². The van der Waals surface area contributed by atoms with Crippen LogP contribution in [0.15, 0.2) is 18.2 Å². The first kappa shape index (κ1) is 15.4. The van der Waals surface area contributed by atoms with Crippen molar-refractivity contribution >= 4 is 0 Å². The standard InChI is InChI=1S/C14H20N2O3/c1-18-8-6-16(5-7-17)11-13-4-3-12(10-15)9-14(13)19-2/h3-4,9,17H,5-8,11H2,1-2H3. The van der Waals surface area contributed by atoms with Crippen LogP contribution < -0.4 is 4.74 Å². The molecule has 1 rings (SSSR count). The maximum Gasteiger partial charge on any atom is 0.124 e. The summed E-state index contributed by atoms with van der Waals surface area (Å²) in [5, 5.41) is 17.9. The van der Waals surface area contributed by atoms with Gasteiger partial charge in [-0.2, -0.15) is 5.26 Å². The second-order valence-electron chi connectivity index (χ2n) is 4.13. The number of hydrogen-bond donors (Lipinski definition) is 1. The summed E-state index contributed by atoms with van der Waals surface area (Å²) in [7, 11) is 3.24. The molecule has 0 aliphatic carbocycles. The Morgan fingerprint density at radius 3 is 2.68 bits per heavy atom. The lowest BCUT2D eigenvalue weighted by Crippen LogP contribution is -2.30. The van der Waals surface area contributed by atoms with Crippen molar-refractivity contribution in [2.75, 3.05) is 40.5 Å². The fourth-order valence-corrected chi connectivity index (χ4v) is 1.82. The predicted molar refractivity (Wildman–Crippen MR) is 71.9 cm³/mol. The van der Waals surface area contributed by atoms with Crippen LogP contribution in [0.5, 0.6) is 5.75 Å². The van der Waals surface area contributed by atoms with Crippen molar-refractivity contribution in [3.63, 3.8) is 0 Å². The number of methoxy groups -OCH3 is 2. The van der Waals surface area contributed by atoms with Crippen molar-refractivity contribution in [2.45, 2.75) is 6.54 Å². The third kappa shape index (κ3) is 4.87. The fourth-order valence-electron chi connectivity index (χ4n) is 1.82. The van der Waals surface area contributed by atoms with E-state index in [1.807, 2.05) is 6.07 Å². The molecule has 0 saturated carbocycles. The van der Waals surface area contributed by atoms with Crippen molar-refractivity contribution in [2.24, 2.45) is 0 Å². The average Bonchev–Trinajstić information content (AvgIpc) is 2.45. The van der Waals surface area contributed by atoms with Crippen LogP contribution in [0, 0.1) is 11.3 Å². The largest absolute Gasteiger partial charge is 0.496 e. The molecular weight excluding hydrogens is 244 g/mol. The molecule has 0 aromatic heterocycles. The topological polar surface area (TPSA) is 65.7 Å². The SMILES string of the molecule is COCCN(CCO)Cc1ccc(C#N)cc1OC. The minimum absolute atomic E-state index is 0.0995. The minimum atomic E-state index is 0.0995. The van der Waals surface area contributed by atoms with Gasteiger partial charge in [0.2, 0.25) is 0 Å². The Balaban J connectivity index is 2.80. The van der Waals surface area contributed by atoms with Gasteiger partial charge in [-0.25, -0.2) is 0 Å². The number of ether oxygens (including phenoxy) is 2. The van der Waals surface area contributed by atoms with Gasteiger partial charge < -0.3 is 14.6 Å². The van der Waals surface area contributed by atoms with Gasteiger partial charge in [0.1, 0.15) is 5.75 Å². The van der Waals surface area contributed by atoms with Crippen LogP contribution in [0.3, 0.4) is 0 Å². The third-order valence-corrected chi connectivity index (χ3v) is 2.84. The fraction of sp³-hybridized carbons (Fsp3) is 0.500. The van der Waals surface area contributed by atoms with Crippen LogP contribution in [-0.2, 0) is 11.3 Å². The van der Waals surface area contributed by atoms with Gasteiger partial charge in [0, 0.05) is 32.3 Å². The molecular formula is C14H20N2O3. The molecule has 104 valence electrons. The molecule has 0 radical (unpaired) electrons. The second kappa shape index (κ2) is 8.48. The summed E-state index contributed by atoms with van der Waals surface area (Å²) in [6, 6.07) is 7.47. The van der Waals surface area contributed by atoms with E-state index in [9.17, 15) is 0 Å². The molecule has 0 aliphatic heterocycles. The molecule has 1 aromatic rings. The summed E-state index contributed by atoms with van der Waals surface area (Å²) in [6.07, 6.45) is 0. The zero-order chi connectivity index (χ0) is 14.1. The van der Waals surface area contributed by atoms with Crippen LogP contribution in [0.25, 0.3) is 0 Å². The highest BCUT2D eigenvalue weighted by molar-refractivity contribution is 5.42. The van der Waals surface area contributed by atoms with Crippen LogP contribution in [0.1, 0.15) is 11.1 Å². The molecule has 1 N–H and O–H groups in total. The first-order valence-corrected chi connectivity index (χ1v) is 6.14. The van der Waals surface area contributed by atoms with Gasteiger partial charge in [0.05, 0.1) is 32.0 Å². The Bertz CT molecular complexity index is 429. The van der Waals surface area contributed by atoms with Crippen LogP contribution in [0.2, 0.25) is 0 Å². The van der Waals surface area contributed by atoms with Crippen molar-refractivity contribution in [1.29, 1.82) is 5.26 Å². The van der Waals surface area contributed by atoms with E-state index in [-0.39, 0.29) is 6.61 Å². The molecule has 0 aliphatic rings. The van der Waals surface area contributed by atoms with E-state index < -0.39 is 0 Å². The number of nitrogens with zero attached hydrogens (tertiary/aromatic N) is 2. The molecule has 0 amide bonds. The summed E-state index contributed by atoms with van der Waals surface area (Å²) in [5.41, 5.74) is 1.57. The molecule has 1 aromatic carbocycles. The highest BCUT2D eigenvalue weighted by Crippen LogP contribution is 2.21. The Labute approximate surface area is 114 Å². The monoisotopic (exact) mass is 264 g/mol. The van der Waals surface area contributed by atoms with Crippen molar-refractivity contribution < 1.29 is 14.6 Å². The molecule has 0 bridgehead atoms. The van der Waals surface area contributed by atoms with Crippen LogP contribution in [-0.4, -0.2) is 50.5 Å².